The van der Waals surface area contributed by atoms with Crippen LogP contribution in [0.3, 0.4) is 0 Å². The minimum atomic E-state index is -0.00303. The van der Waals surface area contributed by atoms with Crippen molar-refractivity contribution in [3.8, 4) is 5.88 Å². The first-order valence-corrected chi connectivity index (χ1v) is 6.61. The van der Waals surface area contributed by atoms with Crippen molar-refractivity contribution in [2.45, 2.75) is 53.1 Å². The molecule has 0 saturated heterocycles. The molecule has 0 aliphatic carbocycles. The maximum Gasteiger partial charge on any atom is 0.245 e. The first-order chi connectivity index (χ1) is 9.08. The summed E-state index contributed by atoms with van der Waals surface area (Å²) in [5.74, 6) is 0.346. The topological polar surface area (TPSA) is 93.6 Å². The van der Waals surface area contributed by atoms with Gasteiger partial charge in [-0.25, -0.2) is 0 Å². The van der Waals surface area contributed by atoms with Gasteiger partial charge in [-0.15, -0.1) is 5.10 Å². The molecule has 6 nitrogen and oxygen atoms in total. The van der Waals surface area contributed by atoms with Gasteiger partial charge in [-0.05, 0) is 31.7 Å². The summed E-state index contributed by atoms with van der Waals surface area (Å²) in [5.41, 5.74) is 8.09. The van der Waals surface area contributed by atoms with Crippen molar-refractivity contribution < 1.29 is 9.94 Å². The molecular weight excluding hydrogens is 244 g/mol. The SMILES string of the molecule is CCc1nnc(OC(C)CC)c(C(N)=NO)c1CC. The summed E-state index contributed by atoms with van der Waals surface area (Å²) in [5, 5.41) is 20.3. The molecule has 1 rings (SSSR count). The lowest BCUT2D eigenvalue weighted by Gasteiger charge is -2.17. The van der Waals surface area contributed by atoms with E-state index in [-0.39, 0.29) is 11.9 Å². The van der Waals surface area contributed by atoms with Crippen LogP contribution in [0.5, 0.6) is 5.88 Å². The molecule has 0 bridgehead atoms. The van der Waals surface area contributed by atoms with E-state index in [4.69, 9.17) is 15.7 Å². The van der Waals surface area contributed by atoms with E-state index in [9.17, 15) is 0 Å². The molecule has 19 heavy (non-hydrogen) atoms. The molecule has 0 aromatic carbocycles. The number of aromatic nitrogens is 2. The highest BCUT2D eigenvalue weighted by Gasteiger charge is 2.20. The van der Waals surface area contributed by atoms with Gasteiger partial charge in [0.05, 0.1) is 17.4 Å². The van der Waals surface area contributed by atoms with Gasteiger partial charge in [0.1, 0.15) is 0 Å². The highest BCUT2D eigenvalue weighted by Crippen LogP contribution is 2.23. The normalized spacial score (nSPS) is 13.4. The molecule has 1 unspecified atom stereocenters. The van der Waals surface area contributed by atoms with Crippen molar-refractivity contribution in [2.24, 2.45) is 10.9 Å². The van der Waals surface area contributed by atoms with E-state index in [1.807, 2.05) is 27.7 Å². The van der Waals surface area contributed by atoms with Crippen molar-refractivity contribution in [1.82, 2.24) is 10.2 Å². The van der Waals surface area contributed by atoms with Crippen molar-refractivity contribution in [3.05, 3.63) is 16.8 Å². The Morgan fingerprint density at radius 3 is 2.47 bits per heavy atom. The first-order valence-electron chi connectivity index (χ1n) is 6.61. The summed E-state index contributed by atoms with van der Waals surface area (Å²) in [6, 6.07) is 0. The van der Waals surface area contributed by atoms with E-state index in [1.54, 1.807) is 0 Å². The quantitative estimate of drug-likeness (QED) is 0.355. The molecule has 0 amide bonds. The number of aryl methyl sites for hydroxylation is 1. The smallest absolute Gasteiger partial charge is 0.245 e. The summed E-state index contributed by atoms with van der Waals surface area (Å²) in [6.45, 7) is 7.95. The minimum absolute atomic E-state index is 0.00303. The number of amidine groups is 1. The second-order valence-electron chi connectivity index (χ2n) is 4.33. The van der Waals surface area contributed by atoms with Crippen LogP contribution in [0, 0.1) is 0 Å². The molecule has 0 saturated carbocycles. The van der Waals surface area contributed by atoms with Gasteiger partial charge in [0, 0.05) is 0 Å². The Labute approximate surface area is 113 Å². The third-order valence-corrected chi connectivity index (χ3v) is 3.07. The summed E-state index contributed by atoms with van der Waals surface area (Å²) in [7, 11) is 0. The van der Waals surface area contributed by atoms with Gasteiger partial charge < -0.3 is 15.7 Å². The average molecular weight is 266 g/mol. The Hall–Kier alpha value is -1.85. The zero-order valence-electron chi connectivity index (χ0n) is 12.0. The van der Waals surface area contributed by atoms with Gasteiger partial charge in [-0.3, -0.25) is 0 Å². The van der Waals surface area contributed by atoms with E-state index in [0.717, 1.165) is 30.5 Å². The van der Waals surface area contributed by atoms with Gasteiger partial charge in [0.15, 0.2) is 5.84 Å². The number of hydrogen-bond acceptors (Lipinski definition) is 5. The highest BCUT2D eigenvalue weighted by atomic mass is 16.5. The van der Waals surface area contributed by atoms with Crippen LogP contribution < -0.4 is 10.5 Å². The second-order valence-corrected chi connectivity index (χ2v) is 4.33. The predicted molar refractivity (Wildman–Crippen MR) is 73.7 cm³/mol. The van der Waals surface area contributed by atoms with E-state index in [1.165, 1.54) is 0 Å². The number of oxime groups is 1. The molecular formula is C13H22N4O2. The Balaban J connectivity index is 3.38. The van der Waals surface area contributed by atoms with E-state index >= 15 is 0 Å². The molecule has 1 heterocycles. The summed E-state index contributed by atoms with van der Waals surface area (Å²) < 4.78 is 5.71. The molecule has 1 atom stereocenters. The average Bonchev–Trinajstić information content (AvgIpc) is 2.45. The lowest BCUT2D eigenvalue weighted by molar-refractivity contribution is 0.205. The van der Waals surface area contributed by atoms with E-state index in [2.05, 4.69) is 15.4 Å². The fourth-order valence-corrected chi connectivity index (χ4v) is 1.82. The summed E-state index contributed by atoms with van der Waals surface area (Å²) in [6.07, 6.45) is 2.30. The summed E-state index contributed by atoms with van der Waals surface area (Å²) >= 11 is 0. The number of nitrogens with two attached hydrogens (primary N) is 1. The largest absolute Gasteiger partial charge is 0.473 e. The van der Waals surface area contributed by atoms with Gasteiger partial charge in [-0.2, -0.15) is 5.10 Å². The van der Waals surface area contributed by atoms with Gasteiger partial charge >= 0.3 is 0 Å². The van der Waals surface area contributed by atoms with Crippen LogP contribution in [0.4, 0.5) is 0 Å². The molecule has 0 aliphatic rings. The molecule has 0 aliphatic heterocycles. The fraction of sp³-hybridized carbons (Fsp3) is 0.615. The molecule has 3 N–H and O–H groups in total. The summed E-state index contributed by atoms with van der Waals surface area (Å²) in [4.78, 5) is 0. The number of rotatable bonds is 6. The minimum Gasteiger partial charge on any atom is -0.473 e. The fourth-order valence-electron chi connectivity index (χ4n) is 1.82. The van der Waals surface area contributed by atoms with Crippen molar-refractivity contribution >= 4 is 5.84 Å². The predicted octanol–water partition coefficient (Wildman–Crippen LogP) is 1.87. The van der Waals surface area contributed by atoms with Crippen molar-refractivity contribution in [3.63, 3.8) is 0 Å². The molecule has 0 fully saturated rings. The monoisotopic (exact) mass is 266 g/mol. The molecule has 0 spiro atoms. The van der Waals surface area contributed by atoms with Gasteiger partial charge in [0.2, 0.25) is 5.88 Å². The number of nitrogens with zero attached hydrogens (tertiary/aromatic N) is 3. The number of ether oxygens (including phenoxy) is 1. The zero-order chi connectivity index (χ0) is 14.4. The van der Waals surface area contributed by atoms with Crippen LogP contribution in [0.1, 0.15) is 50.9 Å². The van der Waals surface area contributed by atoms with Crippen LogP contribution in [-0.4, -0.2) is 27.3 Å². The van der Waals surface area contributed by atoms with E-state index < -0.39 is 0 Å². The Kier molecular flexibility index (Phi) is 5.54. The van der Waals surface area contributed by atoms with Crippen LogP contribution in [0.15, 0.2) is 5.16 Å². The molecule has 106 valence electrons. The van der Waals surface area contributed by atoms with Crippen LogP contribution >= 0.6 is 0 Å². The van der Waals surface area contributed by atoms with Crippen LogP contribution in [-0.2, 0) is 12.8 Å². The van der Waals surface area contributed by atoms with Gasteiger partial charge in [0.25, 0.3) is 0 Å². The zero-order valence-corrected chi connectivity index (χ0v) is 12.0. The molecule has 1 aromatic heterocycles. The molecule has 6 heteroatoms. The molecule has 0 radical (unpaired) electrons. The first kappa shape index (κ1) is 15.2. The highest BCUT2D eigenvalue weighted by molar-refractivity contribution is 6.00. The maximum absolute atomic E-state index is 8.95. The van der Waals surface area contributed by atoms with Crippen LogP contribution in [0.25, 0.3) is 0 Å². The Morgan fingerprint density at radius 2 is 2.00 bits per heavy atom. The van der Waals surface area contributed by atoms with Crippen molar-refractivity contribution in [1.29, 1.82) is 0 Å². The third-order valence-electron chi connectivity index (χ3n) is 3.07. The van der Waals surface area contributed by atoms with Crippen molar-refractivity contribution in [2.75, 3.05) is 0 Å². The molecule has 1 aromatic rings. The maximum atomic E-state index is 8.95. The number of hydrogen-bond donors (Lipinski definition) is 2. The Bertz CT molecular complexity index is 460. The second kappa shape index (κ2) is 6.92. The van der Waals surface area contributed by atoms with Gasteiger partial charge in [-0.1, -0.05) is 25.9 Å². The lowest BCUT2D eigenvalue weighted by Crippen LogP contribution is -2.22. The van der Waals surface area contributed by atoms with Crippen LogP contribution in [0.2, 0.25) is 0 Å². The third kappa shape index (κ3) is 3.33. The Morgan fingerprint density at radius 1 is 1.32 bits per heavy atom. The standard InChI is InChI=1S/C13H22N4O2/c1-5-8(4)19-13-11(12(14)17-18)9(6-2)10(7-3)15-16-13/h8,18H,5-7H2,1-4H3,(H2,14,17). The lowest BCUT2D eigenvalue weighted by atomic mass is 10.0. The van der Waals surface area contributed by atoms with E-state index in [0.29, 0.717) is 11.4 Å².